The summed E-state index contributed by atoms with van der Waals surface area (Å²) in [6.45, 7) is 5.21. The summed E-state index contributed by atoms with van der Waals surface area (Å²) >= 11 is 0. The minimum atomic E-state index is -0.106. The molecule has 0 spiro atoms. The Hall–Kier alpha value is -2.76. The van der Waals surface area contributed by atoms with Gasteiger partial charge in [0.05, 0.1) is 6.61 Å². The Balaban J connectivity index is 0.000000412. The highest BCUT2D eigenvalue weighted by Crippen LogP contribution is 2.20. The van der Waals surface area contributed by atoms with Crippen LogP contribution in [0.25, 0.3) is 0 Å². The van der Waals surface area contributed by atoms with E-state index in [4.69, 9.17) is 9.72 Å². The number of hydrogen-bond donors (Lipinski definition) is 1. The molecule has 0 aromatic carbocycles. The van der Waals surface area contributed by atoms with Crippen molar-refractivity contribution in [2.45, 2.75) is 71.6 Å². The van der Waals surface area contributed by atoms with Gasteiger partial charge in [0.2, 0.25) is 0 Å². The van der Waals surface area contributed by atoms with Crippen molar-refractivity contribution < 1.29 is 9.53 Å². The maximum Gasteiger partial charge on any atom is 0.306 e. The fraction of sp³-hybridized carbons (Fsp3) is 0.520. The third-order valence-electron chi connectivity index (χ3n) is 4.94. The molecule has 168 valence electrons. The summed E-state index contributed by atoms with van der Waals surface area (Å²) in [6.07, 6.45) is 17.0. The molecule has 0 saturated carbocycles. The molecule has 0 atom stereocenters. The van der Waals surface area contributed by atoms with Gasteiger partial charge in [-0.2, -0.15) is 0 Å². The summed E-state index contributed by atoms with van der Waals surface area (Å²) in [7, 11) is 0. The summed E-state index contributed by atoms with van der Waals surface area (Å²) in [5, 5.41) is 3.45. The van der Waals surface area contributed by atoms with E-state index in [0.717, 1.165) is 56.7 Å². The predicted molar refractivity (Wildman–Crippen MR) is 125 cm³/mol. The van der Waals surface area contributed by atoms with Crippen molar-refractivity contribution in [3.05, 3.63) is 59.8 Å². The fourth-order valence-electron chi connectivity index (χ4n) is 3.28. The van der Waals surface area contributed by atoms with Crippen molar-refractivity contribution in [3.8, 4) is 0 Å². The van der Waals surface area contributed by atoms with Gasteiger partial charge < -0.3 is 10.1 Å². The lowest BCUT2D eigenvalue weighted by Crippen LogP contribution is -2.04. The van der Waals surface area contributed by atoms with E-state index in [1.165, 1.54) is 24.1 Å². The molecule has 0 unspecified atom stereocenters. The van der Waals surface area contributed by atoms with Gasteiger partial charge in [-0.1, -0.05) is 18.2 Å². The van der Waals surface area contributed by atoms with E-state index in [0.29, 0.717) is 13.0 Å². The molecule has 6 nitrogen and oxygen atoms in total. The first kappa shape index (κ1) is 24.5. The number of aromatic nitrogens is 3. The highest BCUT2D eigenvalue weighted by molar-refractivity contribution is 5.69. The van der Waals surface area contributed by atoms with E-state index < -0.39 is 0 Å². The van der Waals surface area contributed by atoms with Gasteiger partial charge in [0.25, 0.3) is 0 Å². The number of pyridine rings is 1. The van der Waals surface area contributed by atoms with Gasteiger partial charge in [0, 0.05) is 31.1 Å². The average molecular weight is 425 g/mol. The van der Waals surface area contributed by atoms with Gasteiger partial charge in [0.1, 0.15) is 11.6 Å². The molecule has 3 heterocycles. The van der Waals surface area contributed by atoms with Crippen molar-refractivity contribution in [2.75, 3.05) is 18.5 Å². The Kier molecular flexibility index (Phi) is 11.9. The van der Waals surface area contributed by atoms with Crippen LogP contribution in [0.1, 0.15) is 69.0 Å². The third-order valence-corrected chi connectivity index (χ3v) is 4.94. The first-order valence-corrected chi connectivity index (χ1v) is 11.5. The number of rotatable bonds is 9. The first-order chi connectivity index (χ1) is 15.2. The fourth-order valence-corrected chi connectivity index (χ4v) is 3.28. The van der Waals surface area contributed by atoms with E-state index in [2.05, 4.69) is 39.6 Å². The van der Waals surface area contributed by atoms with Gasteiger partial charge in [-0.3, -0.25) is 4.79 Å². The van der Waals surface area contributed by atoms with Gasteiger partial charge in [0.15, 0.2) is 0 Å². The van der Waals surface area contributed by atoms with E-state index in [9.17, 15) is 4.79 Å². The van der Waals surface area contributed by atoms with Crippen molar-refractivity contribution in [1.29, 1.82) is 0 Å². The van der Waals surface area contributed by atoms with Crippen molar-refractivity contribution in [3.63, 3.8) is 0 Å². The second-order valence-electron chi connectivity index (χ2n) is 7.55. The van der Waals surface area contributed by atoms with Crippen LogP contribution in [0.5, 0.6) is 0 Å². The number of allylic oxidation sites excluding steroid dienone is 2. The summed E-state index contributed by atoms with van der Waals surface area (Å²) < 4.78 is 4.90. The Labute approximate surface area is 186 Å². The van der Waals surface area contributed by atoms with Crippen LogP contribution in [0, 0.1) is 6.92 Å². The normalized spacial score (nSPS) is 12.8. The summed E-state index contributed by atoms with van der Waals surface area (Å²) in [4.78, 5) is 23.7. The lowest BCUT2D eigenvalue weighted by molar-refractivity contribution is -0.143. The molecule has 1 aliphatic rings. The summed E-state index contributed by atoms with van der Waals surface area (Å²) in [5.74, 6) is 1.82. The minimum Gasteiger partial charge on any atom is -0.466 e. The third kappa shape index (κ3) is 10.7. The predicted octanol–water partition coefficient (Wildman–Crippen LogP) is 5.23. The monoisotopic (exact) mass is 424 g/mol. The van der Waals surface area contributed by atoms with Gasteiger partial charge in [-0.25, -0.2) is 15.0 Å². The maximum atomic E-state index is 11.2. The largest absolute Gasteiger partial charge is 0.466 e. The zero-order chi connectivity index (χ0) is 22.2. The minimum absolute atomic E-state index is 0.106. The zero-order valence-electron chi connectivity index (χ0n) is 19.0. The number of fused-ring (bicyclic) bond motifs is 1. The van der Waals surface area contributed by atoms with Crippen LogP contribution >= 0.6 is 0 Å². The topological polar surface area (TPSA) is 77.0 Å². The van der Waals surface area contributed by atoms with Gasteiger partial charge in [-0.15, -0.1) is 0 Å². The Morgan fingerprint density at radius 3 is 2.68 bits per heavy atom. The summed E-state index contributed by atoms with van der Waals surface area (Å²) in [6, 6.07) is 6.22. The van der Waals surface area contributed by atoms with Gasteiger partial charge in [-0.05, 0) is 82.9 Å². The van der Waals surface area contributed by atoms with Crippen LogP contribution in [0.4, 0.5) is 5.82 Å². The number of nitrogens with zero attached hydrogens (tertiary/aromatic N) is 3. The standard InChI is InChI=1S/C20H30N2O2.C5H6N2/c1-2-24-19(23)13-8-6-4-3-5-7-12-18-15-14-17-11-9-10-16-21-20(17)22-18;1-5-6-3-2-4-7-5/h4,6,14-15H,2-3,5,7-13,16H2,1H3,(H,21,22);2-4H,1H3/b6-4+;. The molecule has 0 radical (unpaired) electrons. The average Bonchev–Trinajstić information content (AvgIpc) is 3.02. The Morgan fingerprint density at radius 1 is 1.13 bits per heavy atom. The number of nitrogens with one attached hydrogen (secondary N) is 1. The maximum absolute atomic E-state index is 11.2. The second kappa shape index (κ2) is 15.1. The molecule has 0 aliphatic carbocycles. The van der Waals surface area contributed by atoms with Crippen LogP contribution in [0.15, 0.2) is 42.7 Å². The SMILES string of the molecule is CCOC(=O)CC/C=C/CCCCc1ccc2c(n1)NCCCC2.Cc1ncccn1. The van der Waals surface area contributed by atoms with Crippen molar-refractivity contribution >= 4 is 11.8 Å². The molecule has 1 N–H and O–H groups in total. The molecular formula is C25H36N4O2. The highest BCUT2D eigenvalue weighted by atomic mass is 16.5. The van der Waals surface area contributed by atoms with Crippen molar-refractivity contribution in [2.24, 2.45) is 0 Å². The van der Waals surface area contributed by atoms with E-state index in [1.54, 1.807) is 18.5 Å². The second-order valence-corrected chi connectivity index (χ2v) is 7.55. The number of carbonyl (C=O) groups excluding carboxylic acids is 1. The lowest BCUT2D eigenvalue weighted by atomic mass is 10.1. The van der Waals surface area contributed by atoms with Crippen LogP contribution in [0.3, 0.4) is 0 Å². The lowest BCUT2D eigenvalue weighted by Gasteiger charge is -2.08. The number of unbranched alkanes of at least 4 members (excludes halogenated alkanes) is 2. The Morgan fingerprint density at radius 2 is 1.94 bits per heavy atom. The zero-order valence-corrected chi connectivity index (χ0v) is 19.0. The summed E-state index contributed by atoms with van der Waals surface area (Å²) in [5.41, 5.74) is 2.55. The molecule has 0 amide bonds. The molecule has 1 aliphatic heterocycles. The molecular weight excluding hydrogens is 388 g/mol. The number of ether oxygens (including phenoxy) is 1. The van der Waals surface area contributed by atoms with Crippen LogP contribution < -0.4 is 5.32 Å². The number of esters is 1. The van der Waals surface area contributed by atoms with Crippen LogP contribution in [-0.4, -0.2) is 34.1 Å². The molecule has 0 bridgehead atoms. The Bertz CT molecular complexity index is 793. The van der Waals surface area contributed by atoms with E-state index in [1.807, 2.05) is 13.8 Å². The molecule has 2 aromatic rings. The smallest absolute Gasteiger partial charge is 0.306 e. The van der Waals surface area contributed by atoms with E-state index in [-0.39, 0.29) is 5.97 Å². The number of anilines is 1. The molecule has 31 heavy (non-hydrogen) atoms. The van der Waals surface area contributed by atoms with Gasteiger partial charge >= 0.3 is 5.97 Å². The quantitative estimate of drug-likeness (QED) is 0.337. The van der Waals surface area contributed by atoms with E-state index >= 15 is 0 Å². The molecule has 0 saturated heterocycles. The molecule has 3 rings (SSSR count). The number of carbonyl (C=O) groups is 1. The van der Waals surface area contributed by atoms with Crippen LogP contribution in [-0.2, 0) is 22.4 Å². The first-order valence-electron chi connectivity index (χ1n) is 11.5. The van der Waals surface area contributed by atoms with Crippen LogP contribution in [0.2, 0.25) is 0 Å². The number of aryl methyl sites for hydroxylation is 3. The number of hydrogen-bond acceptors (Lipinski definition) is 6. The molecule has 6 heteroatoms. The molecule has 0 fully saturated rings. The molecule has 2 aromatic heterocycles. The van der Waals surface area contributed by atoms with Crippen molar-refractivity contribution in [1.82, 2.24) is 15.0 Å². The highest BCUT2D eigenvalue weighted by Gasteiger charge is 2.09.